The molecule has 3 aromatic rings. The molecule has 4 fully saturated rings. The lowest BCUT2D eigenvalue weighted by atomic mass is 9.49. The first-order valence-corrected chi connectivity index (χ1v) is 13.9. The lowest BCUT2D eigenvalue weighted by molar-refractivity contribution is -0.146. The molecular weight excluding hydrogens is 435 g/mol. The van der Waals surface area contributed by atoms with Crippen molar-refractivity contribution in [3.05, 3.63) is 90.5 Å². The van der Waals surface area contributed by atoms with E-state index in [9.17, 15) is 4.79 Å². The number of carbonyl (C=O) groups is 1. The Kier molecular flexibility index (Phi) is 5.83. The van der Waals surface area contributed by atoms with Gasteiger partial charge in [-0.15, -0.1) is 0 Å². The van der Waals surface area contributed by atoms with Gasteiger partial charge in [0.1, 0.15) is 0 Å². The summed E-state index contributed by atoms with van der Waals surface area (Å²) in [6.45, 7) is 0. The first kappa shape index (κ1) is 21.7. The van der Waals surface area contributed by atoms with Crippen LogP contribution in [0.2, 0.25) is 0 Å². The number of benzene rings is 3. The molecule has 0 atom stereocenters. The van der Waals surface area contributed by atoms with Gasteiger partial charge in [0.05, 0.1) is 11.6 Å². The zero-order chi connectivity index (χ0) is 23.0. The number of nitrogens with zero attached hydrogens (tertiary/aromatic N) is 1. The van der Waals surface area contributed by atoms with Gasteiger partial charge >= 0.3 is 0 Å². The van der Waals surface area contributed by atoms with Gasteiger partial charge in [-0.25, -0.2) is 5.43 Å². The topological polar surface area (TPSA) is 41.5 Å². The van der Waals surface area contributed by atoms with Gasteiger partial charge in [0.2, 0.25) is 5.91 Å². The zero-order valence-corrected chi connectivity index (χ0v) is 20.3. The highest BCUT2D eigenvalue weighted by Crippen LogP contribution is 2.60. The smallest absolute Gasteiger partial charge is 0.246 e. The van der Waals surface area contributed by atoms with Gasteiger partial charge in [-0.3, -0.25) is 4.79 Å². The van der Waals surface area contributed by atoms with E-state index in [0.717, 1.165) is 42.6 Å². The minimum Gasteiger partial charge on any atom is -0.273 e. The predicted molar refractivity (Wildman–Crippen MR) is 141 cm³/mol. The molecule has 3 nitrogen and oxygen atoms in total. The second kappa shape index (κ2) is 9.12. The van der Waals surface area contributed by atoms with Crippen LogP contribution in [-0.4, -0.2) is 12.1 Å². The van der Waals surface area contributed by atoms with Gasteiger partial charge in [0.25, 0.3) is 0 Å². The van der Waals surface area contributed by atoms with Crippen molar-refractivity contribution in [3.8, 4) is 0 Å². The van der Waals surface area contributed by atoms with E-state index in [0.29, 0.717) is 0 Å². The number of carbonyl (C=O) groups excluding carboxylic acids is 1. The van der Waals surface area contributed by atoms with Crippen LogP contribution in [0.3, 0.4) is 0 Å². The first-order valence-electron chi connectivity index (χ1n) is 12.5. The molecule has 0 spiro atoms. The number of hydrogen-bond acceptors (Lipinski definition) is 2. The second-order valence-electron chi connectivity index (χ2n) is 10.5. The summed E-state index contributed by atoms with van der Waals surface area (Å²) in [5, 5.41) is 8.38. The summed E-state index contributed by atoms with van der Waals surface area (Å²) in [7, 11) is -0.725. The van der Waals surface area contributed by atoms with Crippen LogP contribution < -0.4 is 21.3 Å². The third kappa shape index (κ3) is 4.12. The van der Waals surface area contributed by atoms with Crippen LogP contribution in [-0.2, 0) is 4.79 Å². The third-order valence-corrected chi connectivity index (χ3v) is 10.6. The molecule has 1 N–H and O–H groups in total. The van der Waals surface area contributed by atoms with E-state index >= 15 is 0 Å². The monoisotopic (exact) mass is 466 g/mol. The average Bonchev–Trinajstić information content (AvgIpc) is 2.86. The molecule has 4 bridgehead atoms. The SMILES string of the molecule is O=C(N/N=C/c1ccccc1P(c1ccccc1)c1ccccc1)C12CC3CC(CC(C3)C1)C2. The highest BCUT2D eigenvalue weighted by Gasteiger charge is 2.54. The normalized spacial score (nSPS) is 27.4. The summed E-state index contributed by atoms with van der Waals surface area (Å²) in [5.41, 5.74) is 3.86. The molecule has 4 aliphatic carbocycles. The van der Waals surface area contributed by atoms with Gasteiger partial charge in [0, 0.05) is 5.56 Å². The Morgan fingerprint density at radius 3 is 1.82 bits per heavy atom. The standard InChI is InChI=1S/C30H31N2OP/c33-29(30-18-22-15-23(19-30)17-24(16-22)20-30)32-31-21-25-9-7-8-14-28(25)34(26-10-3-1-4-11-26)27-12-5-2-6-13-27/h1-14,21-24H,15-20H2,(H,32,33)/b31-21+. The first-order chi connectivity index (χ1) is 16.7. The fourth-order valence-corrected chi connectivity index (χ4v) is 9.47. The average molecular weight is 467 g/mol. The van der Waals surface area contributed by atoms with Gasteiger partial charge in [-0.2, -0.15) is 5.10 Å². The van der Waals surface area contributed by atoms with Crippen LogP contribution in [0.15, 0.2) is 90.0 Å². The summed E-state index contributed by atoms with van der Waals surface area (Å²) in [4.78, 5) is 13.3. The molecule has 4 aliphatic rings. The highest BCUT2D eigenvalue weighted by atomic mass is 31.1. The van der Waals surface area contributed by atoms with Crippen LogP contribution in [0.4, 0.5) is 0 Å². The van der Waals surface area contributed by atoms with Gasteiger partial charge in [-0.1, -0.05) is 84.9 Å². The molecule has 0 aliphatic heterocycles. The van der Waals surface area contributed by atoms with Crippen molar-refractivity contribution in [3.63, 3.8) is 0 Å². The third-order valence-electron chi connectivity index (χ3n) is 8.10. The molecule has 3 aromatic carbocycles. The molecule has 7 rings (SSSR count). The fourth-order valence-electron chi connectivity index (χ4n) is 7.05. The minimum absolute atomic E-state index is 0.147. The highest BCUT2D eigenvalue weighted by molar-refractivity contribution is 7.80. The summed E-state index contributed by atoms with van der Waals surface area (Å²) >= 11 is 0. The Morgan fingerprint density at radius 2 is 1.26 bits per heavy atom. The van der Waals surface area contributed by atoms with Crippen LogP contribution in [0, 0.1) is 23.2 Å². The molecule has 0 unspecified atom stereocenters. The zero-order valence-electron chi connectivity index (χ0n) is 19.4. The molecule has 34 heavy (non-hydrogen) atoms. The molecule has 172 valence electrons. The summed E-state index contributed by atoms with van der Waals surface area (Å²) in [6.07, 6.45) is 9.05. The van der Waals surface area contributed by atoms with Crippen molar-refractivity contribution < 1.29 is 4.79 Å². The quantitative estimate of drug-likeness (QED) is 0.306. The van der Waals surface area contributed by atoms with Crippen LogP contribution >= 0.6 is 7.92 Å². The Balaban J connectivity index is 1.27. The summed E-state index contributed by atoms with van der Waals surface area (Å²) in [5.74, 6) is 2.40. The van der Waals surface area contributed by atoms with E-state index in [-0.39, 0.29) is 11.3 Å². The predicted octanol–water partition coefficient (Wildman–Crippen LogP) is 5.11. The lowest BCUT2D eigenvalue weighted by Crippen LogP contribution is -2.52. The minimum atomic E-state index is -0.725. The Labute approximate surface area is 203 Å². The molecule has 4 heteroatoms. The van der Waals surface area contributed by atoms with Crippen molar-refractivity contribution >= 4 is 36.0 Å². The van der Waals surface area contributed by atoms with E-state index in [1.807, 2.05) is 6.21 Å². The Bertz CT molecular complexity index is 1120. The molecule has 0 radical (unpaired) electrons. The van der Waals surface area contributed by atoms with E-state index in [4.69, 9.17) is 0 Å². The number of hydrogen-bond donors (Lipinski definition) is 1. The maximum absolute atomic E-state index is 13.3. The summed E-state index contributed by atoms with van der Waals surface area (Å²) < 4.78 is 0. The van der Waals surface area contributed by atoms with E-state index in [1.54, 1.807) is 0 Å². The number of hydrazone groups is 1. The van der Waals surface area contributed by atoms with E-state index in [1.165, 1.54) is 35.2 Å². The fraction of sp³-hybridized carbons (Fsp3) is 0.333. The Morgan fingerprint density at radius 1 is 0.765 bits per heavy atom. The largest absolute Gasteiger partial charge is 0.273 e. The summed E-state index contributed by atoms with van der Waals surface area (Å²) in [6, 6.07) is 29.9. The molecule has 1 amide bonds. The maximum atomic E-state index is 13.3. The molecule has 0 aromatic heterocycles. The van der Waals surface area contributed by atoms with Crippen LogP contribution in [0.1, 0.15) is 44.1 Å². The second-order valence-corrected chi connectivity index (χ2v) is 12.6. The molecular formula is C30H31N2OP. The van der Waals surface area contributed by atoms with Crippen LogP contribution in [0.5, 0.6) is 0 Å². The van der Waals surface area contributed by atoms with E-state index in [2.05, 4.69) is 95.5 Å². The molecule has 0 saturated heterocycles. The van der Waals surface area contributed by atoms with E-state index < -0.39 is 7.92 Å². The number of rotatable bonds is 6. The van der Waals surface area contributed by atoms with Crippen LogP contribution in [0.25, 0.3) is 0 Å². The van der Waals surface area contributed by atoms with Gasteiger partial charge < -0.3 is 0 Å². The van der Waals surface area contributed by atoms with Crippen molar-refractivity contribution in [1.29, 1.82) is 0 Å². The van der Waals surface area contributed by atoms with Crippen molar-refractivity contribution in [1.82, 2.24) is 5.43 Å². The van der Waals surface area contributed by atoms with Crippen molar-refractivity contribution in [2.24, 2.45) is 28.3 Å². The maximum Gasteiger partial charge on any atom is 0.246 e. The van der Waals surface area contributed by atoms with Crippen molar-refractivity contribution in [2.75, 3.05) is 0 Å². The van der Waals surface area contributed by atoms with Gasteiger partial charge in [0.15, 0.2) is 0 Å². The number of amides is 1. The molecule has 4 saturated carbocycles. The van der Waals surface area contributed by atoms with Crippen molar-refractivity contribution in [2.45, 2.75) is 38.5 Å². The van der Waals surface area contributed by atoms with Gasteiger partial charge in [-0.05, 0) is 80.1 Å². The Hall–Kier alpha value is -2.77. The lowest BCUT2D eigenvalue weighted by Gasteiger charge is -2.55. The number of nitrogens with one attached hydrogen (secondary N) is 1. The molecule has 0 heterocycles.